The van der Waals surface area contributed by atoms with Crippen molar-refractivity contribution in [1.29, 1.82) is 0 Å². The van der Waals surface area contributed by atoms with E-state index in [1.165, 1.54) is 12.0 Å². The van der Waals surface area contributed by atoms with Gasteiger partial charge in [0.25, 0.3) is 0 Å². The van der Waals surface area contributed by atoms with Gasteiger partial charge >= 0.3 is 0 Å². The van der Waals surface area contributed by atoms with Crippen molar-refractivity contribution in [3.8, 4) is 0 Å². The fourth-order valence-corrected chi connectivity index (χ4v) is 2.12. The molecule has 0 spiro atoms. The predicted octanol–water partition coefficient (Wildman–Crippen LogP) is 2.31. The summed E-state index contributed by atoms with van der Waals surface area (Å²) in [4.78, 5) is 18.2. The van der Waals surface area contributed by atoms with Gasteiger partial charge in [0.1, 0.15) is 0 Å². The highest BCUT2D eigenvalue weighted by Crippen LogP contribution is 2.26. The van der Waals surface area contributed by atoms with Gasteiger partial charge in [0.2, 0.25) is 12.3 Å². The molecule has 20 heavy (non-hydrogen) atoms. The number of nitrogens with zero attached hydrogens (tertiary/aromatic N) is 3. The maximum Gasteiger partial charge on any atom is 0.232 e. The molecule has 0 bridgehead atoms. The zero-order chi connectivity index (χ0) is 14.8. The number of amides is 1. The van der Waals surface area contributed by atoms with Crippen molar-refractivity contribution in [2.75, 3.05) is 7.05 Å². The van der Waals surface area contributed by atoms with Crippen LogP contribution in [0.1, 0.15) is 30.8 Å². The number of benzene rings is 1. The molecule has 0 aliphatic rings. The largest absolute Gasteiger partial charge is 0.343 e. The van der Waals surface area contributed by atoms with Crippen molar-refractivity contribution in [3.05, 3.63) is 47.6 Å². The molecule has 0 saturated carbocycles. The number of likely N-dealkylation sites (N-methyl/N-ethyl adjacent to an activating group) is 1. The molecule has 0 atom stereocenters. The third-order valence-corrected chi connectivity index (χ3v) is 3.44. The monoisotopic (exact) mass is 273 g/mol. The first-order chi connectivity index (χ1) is 9.41. The molecule has 0 N–H and O–H groups in total. The Labute approximate surface area is 118 Å². The predicted molar refractivity (Wildman–Crippen MR) is 75.0 cm³/mol. The highest BCUT2D eigenvalue weighted by Gasteiger charge is 2.32. The van der Waals surface area contributed by atoms with E-state index in [0.717, 1.165) is 5.56 Å². The molecule has 5 nitrogen and oxygen atoms in total. The van der Waals surface area contributed by atoms with E-state index < -0.39 is 5.41 Å². The topological polar surface area (TPSA) is 59.2 Å². The van der Waals surface area contributed by atoms with Gasteiger partial charge in [-0.1, -0.05) is 35.0 Å². The first kappa shape index (κ1) is 14.2. The zero-order valence-electron chi connectivity index (χ0n) is 12.3. The average Bonchev–Trinajstić information content (AvgIpc) is 2.91. The van der Waals surface area contributed by atoms with E-state index in [4.69, 9.17) is 0 Å². The maximum absolute atomic E-state index is 12.6. The summed E-state index contributed by atoms with van der Waals surface area (Å²) in [5.41, 5.74) is 1.58. The van der Waals surface area contributed by atoms with Crippen LogP contribution in [0.15, 0.2) is 35.2 Å². The lowest BCUT2D eigenvalue weighted by Crippen LogP contribution is -2.41. The maximum atomic E-state index is 12.6. The summed E-state index contributed by atoms with van der Waals surface area (Å²) >= 11 is 0. The molecule has 0 aliphatic carbocycles. The van der Waals surface area contributed by atoms with Crippen molar-refractivity contribution >= 4 is 5.91 Å². The molecule has 0 radical (unpaired) electrons. The molecular weight excluding hydrogens is 254 g/mol. The minimum atomic E-state index is -0.591. The average molecular weight is 273 g/mol. The van der Waals surface area contributed by atoms with Crippen LogP contribution in [-0.2, 0) is 16.8 Å². The Morgan fingerprint density at radius 1 is 1.30 bits per heavy atom. The lowest BCUT2D eigenvalue weighted by Gasteiger charge is -2.29. The minimum Gasteiger partial charge on any atom is -0.343 e. The minimum absolute atomic E-state index is 0.0196. The molecular formula is C15H19N3O2. The second-order valence-electron chi connectivity index (χ2n) is 5.50. The standard InChI is InChI=1S/C15H19N3O2/c1-11-5-7-12(8-6-11)15(2,3)14(19)18(4)9-13-16-10-20-17-13/h5-8,10H,9H2,1-4H3. The molecule has 0 aliphatic heterocycles. The van der Waals surface area contributed by atoms with Crippen molar-refractivity contribution in [3.63, 3.8) is 0 Å². The highest BCUT2D eigenvalue weighted by molar-refractivity contribution is 5.87. The lowest BCUT2D eigenvalue weighted by molar-refractivity contribution is -0.135. The second kappa shape index (κ2) is 5.45. The Morgan fingerprint density at radius 3 is 2.50 bits per heavy atom. The van der Waals surface area contributed by atoms with Gasteiger partial charge in [-0.15, -0.1) is 0 Å². The van der Waals surface area contributed by atoms with E-state index in [2.05, 4.69) is 14.7 Å². The fourth-order valence-electron chi connectivity index (χ4n) is 2.12. The summed E-state index contributed by atoms with van der Waals surface area (Å²) in [5, 5.41) is 3.73. The fraction of sp³-hybridized carbons (Fsp3) is 0.400. The Hall–Kier alpha value is -2.17. The van der Waals surface area contributed by atoms with Crippen molar-refractivity contribution in [2.24, 2.45) is 0 Å². The third-order valence-electron chi connectivity index (χ3n) is 3.44. The number of hydrogen-bond acceptors (Lipinski definition) is 4. The van der Waals surface area contributed by atoms with Crippen LogP contribution in [0.4, 0.5) is 0 Å². The molecule has 0 unspecified atom stereocenters. The molecule has 1 amide bonds. The van der Waals surface area contributed by atoms with Crippen LogP contribution in [0.25, 0.3) is 0 Å². The lowest BCUT2D eigenvalue weighted by atomic mass is 9.83. The first-order valence-corrected chi connectivity index (χ1v) is 6.49. The van der Waals surface area contributed by atoms with E-state index in [9.17, 15) is 4.79 Å². The van der Waals surface area contributed by atoms with Crippen LogP contribution >= 0.6 is 0 Å². The van der Waals surface area contributed by atoms with Crippen LogP contribution in [0.2, 0.25) is 0 Å². The molecule has 2 aromatic rings. The summed E-state index contributed by atoms with van der Waals surface area (Å²) in [7, 11) is 1.74. The van der Waals surface area contributed by atoms with Crippen LogP contribution in [-0.4, -0.2) is 28.0 Å². The molecule has 2 rings (SSSR count). The second-order valence-corrected chi connectivity index (χ2v) is 5.50. The zero-order valence-corrected chi connectivity index (χ0v) is 12.3. The highest BCUT2D eigenvalue weighted by atomic mass is 16.5. The normalized spacial score (nSPS) is 11.4. The molecule has 1 aromatic carbocycles. The number of carbonyl (C=O) groups is 1. The Bertz CT molecular complexity index is 574. The van der Waals surface area contributed by atoms with Gasteiger partial charge < -0.3 is 9.42 Å². The molecule has 5 heteroatoms. The van der Waals surface area contributed by atoms with Gasteiger partial charge in [-0.05, 0) is 26.3 Å². The third kappa shape index (κ3) is 2.87. The van der Waals surface area contributed by atoms with Crippen molar-refractivity contribution in [1.82, 2.24) is 15.0 Å². The first-order valence-electron chi connectivity index (χ1n) is 6.49. The van der Waals surface area contributed by atoms with E-state index in [0.29, 0.717) is 12.4 Å². The quantitative estimate of drug-likeness (QED) is 0.857. The SMILES string of the molecule is Cc1ccc(C(C)(C)C(=O)N(C)Cc2ncon2)cc1. The Balaban J connectivity index is 2.15. The van der Waals surface area contributed by atoms with Gasteiger partial charge in [0, 0.05) is 7.05 Å². The van der Waals surface area contributed by atoms with E-state index in [1.807, 2.05) is 45.0 Å². The Morgan fingerprint density at radius 2 is 1.95 bits per heavy atom. The summed E-state index contributed by atoms with van der Waals surface area (Å²) in [5.74, 6) is 0.520. The smallest absolute Gasteiger partial charge is 0.232 e. The van der Waals surface area contributed by atoms with Gasteiger partial charge in [-0.3, -0.25) is 4.79 Å². The Kier molecular flexibility index (Phi) is 3.88. The van der Waals surface area contributed by atoms with Gasteiger partial charge in [0.15, 0.2) is 5.82 Å². The molecule has 1 aromatic heterocycles. The number of aromatic nitrogens is 2. The number of aryl methyl sites for hydroxylation is 1. The van der Waals surface area contributed by atoms with Crippen molar-refractivity contribution < 1.29 is 9.32 Å². The molecule has 0 saturated heterocycles. The summed E-state index contributed by atoms with van der Waals surface area (Å²) in [6, 6.07) is 8.03. The summed E-state index contributed by atoms with van der Waals surface area (Å²) in [6.45, 7) is 6.21. The number of hydrogen-bond donors (Lipinski definition) is 0. The van der Waals surface area contributed by atoms with E-state index in [-0.39, 0.29) is 5.91 Å². The molecule has 0 fully saturated rings. The van der Waals surface area contributed by atoms with Crippen LogP contribution in [0.3, 0.4) is 0 Å². The van der Waals surface area contributed by atoms with Crippen molar-refractivity contribution in [2.45, 2.75) is 32.7 Å². The van der Waals surface area contributed by atoms with Crippen LogP contribution in [0, 0.1) is 6.92 Å². The molecule has 1 heterocycles. The number of carbonyl (C=O) groups excluding carboxylic acids is 1. The van der Waals surface area contributed by atoms with Gasteiger partial charge in [0.05, 0.1) is 12.0 Å². The van der Waals surface area contributed by atoms with E-state index >= 15 is 0 Å². The van der Waals surface area contributed by atoms with Gasteiger partial charge in [-0.2, -0.15) is 4.98 Å². The van der Waals surface area contributed by atoms with Crippen LogP contribution < -0.4 is 0 Å². The van der Waals surface area contributed by atoms with Gasteiger partial charge in [-0.25, -0.2) is 0 Å². The van der Waals surface area contributed by atoms with E-state index in [1.54, 1.807) is 11.9 Å². The summed E-state index contributed by atoms with van der Waals surface area (Å²) < 4.78 is 4.68. The number of rotatable bonds is 4. The molecule has 106 valence electrons. The van der Waals surface area contributed by atoms with Crippen LogP contribution in [0.5, 0.6) is 0 Å². The summed E-state index contributed by atoms with van der Waals surface area (Å²) in [6.07, 6.45) is 1.26.